The van der Waals surface area contributed by atoms with Crippen LogP contribution in [0.3, 0.4) is 0 Å². The molecular formula is C16H15F3IN3S. The summed E-state index contributed by atoms with van der Waals surface area (Å²) in [5, 5.41) is 16.5. The number of alkyl halides is 3. The molecule has 0 aliphatic carbocycles. The van der Waals surface area contributed by atoms with Crippen LogP contribution in [0, 0.1) is 20.1 Å². The number of piperidine rings is 1. The Hall–Kier alpha value is -1.05. The molecule has 3 rings (SSSR count). The second-order valence-electron chi connectivity index (χ2n) is 5.78. The van der Waals surface area contributed by atoms with E-state index in [-0.39, 0.29) is 12.1 Å². The normalized spacial score (nSPS) is 21.6. The maximum absolute atomic E-state index is 12.8. The zero-order chi connectivity index (χ0) is 17.3. The first-order valence-corrected chi connectivity index (χ1v) is 9.45. The van der Waals surface area contributed by atoms with Gasteiger partial charge < -0.3 is 5.32 Å². The van der Waals surface area contributed by atoms with Gasteiger partial charge >= 0.3 is 6.18 Å². The second kappa shape index (κ2) is 7.06. The van der Waals surface area contributed by atoms with Crippen LogP contribution in [0.25, 0.3) is 10.1 Å². The van der Waals surface area contributed by atoms with Crippen molar-refractivity contribution in [3.63, 3.8) is 0 Å². The molecule has 1 aliphatic heterocycles. The SMILES string of the molecule is N#CC1CCCNC1Nc1cccc2c(CC(F)(F)F)c(I)sc12. The lowest BCUT2D eigenvalue weighted by atomic mass is 9.97. The van der Waals surface area contributed by atoms with E-state index in [9.17, 15) is 18.4 Å². The van der Waals surface area contributed by atoms with Gasteiger partial charge in [0.25, 0.3) is 0 Å². The molecule has 3 nitrogen and oxygen atoms in total. The minimum atomic E-state index is -4.23. The highest BCUT2D eigenvalue weighted by molar-refractivity contribution is 14.1. The number of anilines is 1. The molecule has 0 spiro atoms. The number of halogens is 4. The van der Waals surface area contributed by atoms with Crippen molar-refractivity contribution in [1.29, 1.82) is 5.26 Å². The Bertz CT molecular complexity index is 781. The smallest absolute Gasteiger partial charge is 0.367 e. The Labute approximate surface area is 155 Å². The van der Waals surface area contributed by atoms with Crippen LogP contribution in [0.2, 0.25) is 0 Å². The highest BCUT2D eigenvalue weighted by Gasteiger charge is 2.31. The summed E-state index contributed by atoms with van der Waals surface area (Å²) in [7, 11) is 0. The molecule has 24 heavy (non-hydrogen) atoms. The van der Waals surface area contributed by atoms with Crippen LogP contribution in [0.1, 0.15) is 18.4 Å². The summed E-state index contributed by atoms with van der Waals surface area (Å²) < 4.78 is 40.0. The van der Waals surface area contributed by atoms with Crippen LogP contribution >= 0.6 is 33.9 Å². The third kappa shape index (κ3) is 3.78. The molecule has 0 amide bonds. The predicted octanol–water partition coefficient (Wildman–Crippen LogP) is 4.87. The van der Waals surface area contributed by atoms with Crippen molar-refractivity contribution >= 4 is 49.7 Å². The van der Waals surface area contributed by atoms with Gasteiger partial charge in [0.15, 0.2) is 0 Å². The molecule has 0 bridgehead atoms. The molecule has 2 aromatic rings. The second-order valence-corrected chi connectivity index (χ2v) is 8.61. The minimum absolute atomic E-state index is 0.150. The molecule has 0 radical (unpaired) electrons. The number of thiophene rings is 1. The topological polar surface area (TPSA) is 47.9 Å². The van der Waals surface area contributed by atoms with Crippen molar-refractivity contribution in [2.75, 3.05) is 11.9 Å². The first-order chi connectivity index (χ1) is 11.4. The molecule has 1 aliphatic rings. The van der Waals surface area contributed by atoms with Crippen LogP contribution in [-0.4, -0.2) is 18.9 Å². The number of nitrogens with zero attached hydrogens (tertiary/aromatic N) is 1. The van der Waals surface area contributed by atoms with Crippen molar-refractivity contribution in [1.82, 2.24) is 5.32 Å². The van der Waals surface area contributed by atoms with E-state index in [1.165, 1.54) is 11.3 Å². The molecule has 1 aromatic heterocycles. The van der Waals surface area contributed by atoms with Crippen LogP contribution < -0.4 is 10.6 Å². The Kier molecular flexibility index (Phi) is 5.22. The molecule has 2 unspecified atom stereocenters. The number of hydrogen-bond donors (Lipinski definition) is 2. The molecule has 8 heteroatoms. The summed E-state index contributed by atoms with van der Waals surface area (Å²) in [5.74, 6) is -0.150. The summed E-state index contributed by atoms with van der Waals surface area (Å²) in [4.78, 5) is 0. The third-order valence-electron chi connectivity index (χ3n) is 4.08. The first-order valence-electron chi connectivity index (χ1n) is 7.55. The standard InChI is InChI=1S/C16H15F3IN3S/c17-16(18,19)7-11-10-4-1-5-12(13(10)24-14(11)20)23-15-9(8-21)3-2-6-22-15/h1,4-5,9,15,22-23H,2-3,6-7H2. The van der Waals surface area contributed by atoms with E-state index in [0.717, 1.165) is 29.8 Å². The van der Waals surface area contributed by atoms with E-state index < -0.39 is 12.6 Å². The summed E-state index contributed by atoms with van der Waals surface area (Å²) in [6, 6.07) is 7.65. The molecule has 1 fully saturated rings. The number of fused-ring (bicyclic) bond motifs is 1. The Morgan fingerprint density at radius 3 is 2.92 bits per heavy atom. The van der Waals surface area contributed by atoms with Crippen LogP contribution in [0.15, 0.2) is 18.2 Å². The van der Waals surface area contributed by atoms with Crippen LogP contribution in [-0.2, 0) is 6.42 Å². The average molecular weight is 465 g/mol. The lowest BCUT2D eigenvalue weighted by molar-refractivity contribution is -0.127. The molecule has 2 N–H and O–H groups in total. The number of benzene rings is 1. The Balaban J connectivity index is 1.95. The van der Waals surface area contributed by atoms with Crippen molar-refractivity contribution < 1.29 is 13.2 Å². The lowest BCUT2D eigenvalue weighted by Crippen LogP contribution is -2.46. The van der Waals surface area contributed by atoms with Gasteiger partial charge in [-0.15, -0.1) is 11.3 Å². The first kappa shape index (κ1) is 17.8. The van der Waals surface area contributed by atoms with Crippen molar-refractivity contribution in [2.24, 2.45) is 5.92 Å². The number of nitrogens with one attached hydrogen (secondary N) is 2. The van der Waals surface area contributed by atoms with E-state index in [4.69, 9.17) is 0 Å². The maximum atomic E-state index is 12.8. The van der Waals surface area contributed by atoms with E-state index >= 15 is 0 Å². The number of rotatable bonds is 3. The fourth-order valence-corrected chi connectivity index (χ4v) is 5.13. The molecule has 2 heterocycles. The van der Waals surface area contributed by atoms with Crippen molar-refractivity contribution in [3.8, 4) is 6.07 Å². The van der Waals surface area contributed by atoms with Gasteiger partial charge in [-0.2, -0.15) is 18.4 Å². The zero-order valence-electron chi connectivity index (χ0n) is 12.6. The van der Waals surface area contributed by atoms with Gasteiger partial charge in [-0.3, -0.25) is 5.32 Å². The van der Waals surface area contributed by atoms with Gasteiger partial charge in [0.05, 0.1) is 37.8 Å². The van der Waals surface area contributed by atoms with E-state index in [0.29, 0.717) is 13.8 Å². The van der Waals surface area contributed by atoms with Gasteiger partial charge in [-0.1, -0.05) is 12.1 Å². The number of hydrogen-bond acceptors (Lipinski definition) is 4. The predicted molar refractivity (Wildman–Crippen MR) is 98.1 cm³/mol. The van der Waals surface area contributed by atoms with E-state index in [1.54, 1.807) is 12.1 Å². The minimum Gasteiger partial charge on any atom is -0.367 e. The summed E-state index contributed by atoms with van der Waals surface area (Å²) in [5.41, 5.74) is 1.11. The van der Waals surface area contributed by atoms with Crippen LogP contribution in [0.5, 0.6) is 0 Å². The summed E-state index contributed by atoms with van der Waals surface area (Å²) >= 11 is 3.33. The van der Waals surface area contributed by atoms with E-state index in [2.05, 4.69) is 16.7 Å². The molecule has 1 aromatic carbocycles. The quantitative estimate of drug-likeness (QED) is 0.636. The monoisotopic (exact) mass is 465 g/mol. The Morgan fingerprint density at radius 1 is 1.42 bits per heavy atom. The van der Waals surface area contributed by atoms with Gasteiger partial charge in [0.1, 0.15) is 0 Å². The number of nitriles is 1. The van der Waals surface area contributed by atoms with Gasteiger partial charge in [0.2, 0.25) is 0 Å². The lowest BCUT2D eigenvalue weighted by Gasteiger charge is -2.29. The van der Waals surface area contributed by atoms with Gasteiger partial charge in [0, 0.05) is 0 Å². The molecular weight excluding hydrogens is 450 g/mol. The Morgan fingerprint density at radius 2 is 2.21 bits per heavy atom. The summed E-state index contributed by atoms with van der Waals surface area (Å²) in [6.07, 6.45) is -3.56. The largest absolute Gasteiger partial charge is 0.393 e. The van der Waals surface area contributed by atoms with Crippen molar-refractivity contribution in [2.45, 2.75) is 31.6 Å². The fraction of sp³-hybridized carbons (Fsp3) is 0.438. The zero-order valence-corrected chi connectivity index (χ0v) is 15.6. The van der Waals surface area contributed by atoms with E-state index in [1.807, 2.05) is 28.7 Å². The average Bonchev–Trinajstić information content (AvgIpc) is 2.84. The summed E-state index contributed by atoms with van der Waals surface area (Å²) in [6.45, 7) is 0.827. The highest BCUT2D eigenvalue weighted by atomic mass is 127. The van der Waals surface area contributed by atoms with Gasteiger partial charge in [-0.25, -0.2) is 0 Å². The highest BCUT2D eigenvalue weighted by Crippen LogP contribution is 2.40. The van der Waals surface area contributed by atoms with Crippen molar-refractivity contribution in [3.05, 3.63) is 26.6 Å². The molecule has 0 saturated carbocycles. The molecule has 2 atom stereocenters. The van der Waals surface area contributed by atoms with Crippen LogP contribution in [0.4, 0.5) is 18.9 Å². The van der Waals surface area contributed by atoms with Gasteiger partial charge in [-0.05, 0) is 59.0 Å². The fourth-order valence-electron chi connectivity index (χ4n) is 2.97. The third-order valence-corrected chi connectivity index (χ3v) is 6.46. The molecule has 1 saturated heterocycles. The maximum Gasteiger partial charge on any atom is 0.393 e. The molecule has 128 valence electrons.